The molecule has 0 aliphatic heterocycles. The van der Waals surface area contributed by atoms with Gasteiger partial charge in [0, 0.05) is 13.6 Å². The summed E-state index contributed by atoms with van der Waals surface area (Å²) >= 11 is 1.71. The Bertz CT molecular complexity index is 623. The fourth-order valence-corrected chi connectivity index (χ4v) is 2.82. The number of thiophene rings is 1. The second-order valence-corrected chi connectivity index (χ2v) is 6.04. The van der Waals surface area contributed by atoms with Crippen LogP contribution in [0.25, 0.3) is 0 Å². The van der Waals surface area contributed by atoms with E-state index in [2.05, 4.69) is 32.5 Å². The normalized spacial score (nSPS) is 13.0. The number of aliphatic imine (C=N–C) groups is 1. The zero-order valence-electron chi connectivity index (χ0n) is 13.2. The van der Waals surface area contributed by atoms with Crippen LogP contribution in [-0.4, -0.2) is 19.6 Å². The molecular formula is C17H22FN3S. The molecule has 1 aromatic carbocycles. The smallest absolute Gasteiger partial charge is 0.191 e. The summed E-state index contributed by atoms with van der Waals surface area (Å²) in [6.07, 6.45) is 0.956. The Labute approximate surface area is 135 Å². The second kappa shape index (κ2) is 7.94. The van der Waals surface area contributed by atoms with E-state index in [4.69, 9.17) is 0 Å². The maximum atomic E-state index is 13.6. The lowest BCUT2D eigenvalue weighted by Gasteiger charge is -2.18. The van der Waals surface area contributed by atoms with E-state index in [-0.39, 0.29) is 11.9 Å². The standard InChI is InChI=1S/C17H22FN3S/c1-12-4-5-15(10-16(12)18)13(2)21-17(19-3)20-8-6-14-7-9-22-11-14/h4-5,7,9-11,13H,6,8H2,1-3H3,(H2,19,20,21). The van der Waals surface area contributed by atoms with E-state index in [9.17, 15) is 4.39 Å². The van der Waals surface area contributed by atoms with Gasteiger partial charge < -0.3 is 10.6 Å². The summed E-state index contributed by atoms with van der Waals surface area (Å²) in [6.45, 7) is 4.57. The van der Waals surface area contributed by atoms with Gasteiger partial charge in [0.1, 0.15) is 5.82 Å². The molecule has 1 heterocycles. The molecule has 1 aromatic heterocycles. The average Bonchev–Trinajstić information content (AvgIpc) is 3.02. The maximum absolute atomic E-state index is 13.6. The van der Waals surface area contributed by atoms with Gasteiger partial charge in [-0.2, -0.15) is 11.3 Å². The fourth-order valence-electron chi connectivity index (χ4n) is 2.12. The minimum Gasteiger partial charge on any atom is -0.356 e. The van der Waals surface area contributed by atoms with E-state index in [0.29, 0.717) is 5.56 Å². The molecule has 0 aliphatic rings. The summed E-state index contributed by atoms with van der Waals surface area (Å²) in [5.41, 5.74) is 2.89. The van der Waals surface area contributed by atoms with E-state index in [1.807, 2.05) is 13.0 Å². The number of nitrogens with one attached hydrogen (secondary N) is 2. The first-order valence-corrected chi connectivity index (χ1v) is 8.28. The summed E-state index contributed by atoms with van der Waals surface area (Å²) < 4.78 is 13.6. The largest absolute Gasteiger partial charge is 0.356 e. The van der Waals surface area contributed by atoms with Crippen molar-refractivity contribution in [1.82, 2.24) is 10.6 Å². The molecule has 0 saturated carbocycles. The molecule has 0 fully saturated rings. The summed E-state index contributed by atoms with van der Waals surface area (Å²) in [5.74, 6) is 0.551. The number of halogens is 1. The third kappa shape index (κ3) is 4.56. The highest BCUT2D eigenvalue weighted by Crippen LogP contribution is 2.16. The minimum absolute atomic E-state index is 0.0116. The highest BCUT2D eigenvalue weighted by molar-refractivity contribution is 7.07. The Kier molecular flexibility index (Phi) is 5.95. The molecule has 0 spiro atoms. The van der Waals surface area contributed by atoms with Gasteiger partial charge in [0.15, 0.2) is 5.96 Å². The van der Waals surface area contributed by atoms with Gasteiger partial charge in [-0.1, -0.05) is 12.1 Å². The van der Waals surface area contributed by atoms with Gasteiger partial charge in [-0.15, -0.1) is 0 Å². The van der Waals surface area contributed by atoms with E-state index >= 15 is 0 Å². The van der Waals surface area contributed by atoms with Crippen LogP contribution in [0.15, 0.2) is 40.0 Å². The molecule has 0 radical (unpaired) electrons. The van der Waals surface area contributed by atoms with Gasteiger partial charge in [-0.05, 0) is 59.9 Å². The fraction of sp³-hybridized carbons (Fsp3) is 0.353. The molecule has 118 valence electrons. The summed E-state index contributed by atoms with van der Waals surface area (Å²) in [7, 11) is 1.74. The molecule has 0 bridgehead atoms. The van der Waals surface area contributed by atoms with Gasteiger partial charge >= 0.3 is 0 Å². The van der Waals surface area contributed by atoms with Crippen LogP contribution >= 0.6 is 11.3 Å². The van der Waals surface area contributed by atoms with Crippen LogP contribution in [-0.2, 0) is 6.42 Å². The van der Waals surface area contributed by atoms with Crippen molar-refractivity contribution in [2.45, 2.75) is 26.3 Å². The summed E-state index contributed by atoms with van der Waals surface area (Å²) in [4.78, 5) is 4.22. The topological polar surface area (TPSA) is 36.4 Å². The molecule has 5 heteroatoms. The Balaban J connectivity index is 1.87. The van der Waals surface area contributed by atoms with E-state index in [1.54, 1.807) is 37.4 Å². The van der Waals surface area contributed by atoms with Crippen LogP contribution in [0.3, 0.4) is 0 Å². The van der Waals surface area contributed by atoms with Crippen LogP contribution in [0.1, 0.15) is 29.7 Å². The predicted octanol–water partition coefficient (Wildman–Crippen LogP) is 3.66. The van der Waals surface area contributed by atoms with Crippen molar-refractivity contribution in [3.05, 3.63) is 57.5 Å². The van der Waals surface area contributed by atoms with Gasteiger partial charge in [0.2, 0.25) is 0 Å². The molecular weight excluding hydrogens is 297 g/mol. The maximum Gasteiger partial charge on any atom is 0.191 e. The molecule has 2 N–H and O–H groups in total. The average molecular weight is 319 g/mol. The molecule has 1 atom stereocenters. The van der Waals surface area contributed by atoms with Crippen molar-refractivity contribution in [2.75, 3.05) is 13.6 Å². The minimum atomic E-state index is -0.174. The van der Waals surface area contributed by atoms with Crippen molar-refractivity contribution < 1.29 is 4.39 Å². The first-order valence-electron chi connectivity index (χ1n) is 7.34. The lowest BCUT2D eigenvalue weighted by atomic mass is 10.1. The van der Waals surface area contributed by atoms with Crippen molar-refractivity contribution in [1.29, 1.82) is 0 Å². The van der Waals surface area contributed by atoms with Gasteiger partial charge in [0.05, 0.1) is 6.04 Å². The number of rotatable bonds is 5. The third-order valence-electron chi connectivity index (χ3n) is 3.56. The van der Waals surface area contributed by atoms with Gasteiger partial charge in [-0.3, -0.25) is 4.99 Å². The van der Waals surface area contributed by atoms with E-state index < -0.39 is 0 Å². The Morgan fingerprint density at radius 1 is 1.36 bits per heavy atom. The van der Waals surface area contributed by atoms with Crippen molar-refractivity contribution in [3.8, 4) is 0 Å². The Morgan fingerprint density at radius 2 is 2.18 bits per heavy atom. The van der Waals surface area contributed by atoms with Crippen LogP contribution in [0.5, 0.6) is 0 Å². The van der Waals surface area contributed by atoms with Crippen LogP contribution < -0.4 is 10.6 Å². The van der Waals surface area contributed by atoms with Crippen LogP contribution in [0, 0.1) is 12.7 Å². The first-order chi connectivity index (χ1) is 10.6. The van der Waals surface area contributed by atoms with Crippen LogP contribution in [0.2, 0.25) is 0 Å². The summed E-state index contributed by atoms with van der Waals surface area (Å²) in [6, 6.07) is 7.43. The zero-order chi connectivity index (χ0) is 15.9. The summed E-state index contributed by atoms with van der Waals surface area (Å²) in [5, 5.41) is 10.8. The highest BCUT2D eigenvalue weighted by atomic mass is 32.1. The molecule has 3 nitrogen and oxygen atoms in total. The first kappa shape index (κ1) is 16.5. The van der Waals surface area contributed by atoms with E-state index in [0.717, 1.165) is 24.5 Å². The van der Waals surface area contributed by atoms with Crippen molar-refractivity contribution >= 4 is 17.3 Å². The predicted molar refractivity (Wildman–Crippen MR) is 92.1 cm³/mol. The van der Waals surface area contributed by atoms with E-state index in [1.165, 1.54) is 5.56 Å². The lowest BCUT2D eigenvalue weighted by molar-refractivity contribution is 0.607. The molecule has 0 aliphatic carbocycles. The second-order valence-electron chi connectivity index (χ2n) is 5.26. The molecule has 0 amide bonds. The van der Waals surface area contributed by atoms with Crippen molar-refractivity contribution in [3.63, 3.8) is 0 Å². The molecule has 2 aromatic rings. The highest BCUT2D eigenvalue weighted by Gasteiger charge is 2.09. The quantitative estimate of drug-likeness (QED) is 0.652. The van der Waals surface area contributed by atoms with Crippen LogP contribution in [0.4, 0.5) is 4.39 Å². The number of aryl methyl sites for hydroxylation is 1. The number of hydrogen-bond donors (Lipinski definition) is 2. The Morgan fingerprint density at radius 3 is 2.82 bits per heavy atom. The monoisotopic (exact) mass is 319 g/mol. The molecule has 0 saturated heterocycles. The third-order valence-corrected chi connectivity index (χ3v) is 4.29. The number of hydrogen-bond acceptors (Lipinski definition) is 2. The molecule has 1 unspecified atom stereocenters. The number of nitrogens with zero attached hydrogens (tertiary/aromatic N) is 1. The molecule has 2 rings (SSSR count). The lowest BCUT2D eigenvalue weighted by Crippen LogP contribution is -2.39. The zero-order valence-corrected chi connectivity index (χ0v) is 14.0. The number of benzene rings is 1. The van der Waals surface area contributed by atoms with Crippen molar-refractivity contribution in [2.24, 2.45) is 4.99 Å². The Hall–Kier alpha value is -1.88. The SMILES string of the molecule is CN=C(NCCc1ccsc1)NC(C)c1ccc(C)c(F)c1. The molecule has 22 heavy (non-hydrogen) atoms. The van der Waals surface area contributed by atoms with Gasteiger partial charge in [-0.25, -0.2) is 4.39 Å². The van der Waals surface area contributed by atoms with Gasteiger partial charge in [0.25, 0.3) is 0 Å². The number of guanidine groups is 1.